The van der Waals surface area contributed by atoms with Crippen LogP contribution in [-0.4, -0.2) is 138 Å². The smallest absolute Gasteiger partial charge is 0.410 e. The molecule has 2 aromatic heterocycles. The number of sulfonamides is 1. The molecule has 0 saturated carbocycles. The number of carbonyl (C=O) groups excluding carboxylic acids is 1. The van der Waals surface area contributed by atoms with Gasteiger partial charge in [-0.25, -0.2) is 31.6 Å². The summed E-state index contributed by atoms with van der Waals surface area (Å²) in [4.78, 5) is 23.6. The number of ether oxygens (including phenoxy) is 5. The van der Waals surface area contributed by atoms with E-state index in [4.69, 9.17) is 34.4 Å². The first-order valence-corrected chi connectivity index (χ1v) is 20.0. The monoisotopic (exact) mass is 768 g/mol. The molecule has 0 spiro atoms. The summed E-state index contributed by atoms with van der Waals surface area (Å²) in [6.45, 7) is 13.3. The van der Waals surface area contributed by atoms with Gasteiger partial charge in [-0.15, -0.1) is 0 Å². The van der Waals surface area contributed by atoms with Gasteiger partial charge < -0.3 is 33.9 Å². The highest BCUT2D eigenvalue weighted by molar-refractivity contribution is 8.13. The molecule has 0 atom stereocenters. The SMILES string of the molecule is CC(C)(C)OC(=O)N1CC2=C(CNC2)C1.CN1CC2=C(C1)CN(S(=O)(=O)c1cnc3c(c1)OCCO3)C2.O=S(=O)(Cl)c1cnc2c(c1)OCCO2. The number of aromatic nitrogens is 2. The zero-order valence-electron chi connectivity index (χ0n) is 28.8. The number of hydrogen-bond donors (Lipinski definition) is 1. The van der Waals surface area contributed by atoms with Gasteiger partial charge >= 0.3 is 6.09 Å². The summed E-state index contributed by atoms with van der Waals surface area (Å²) >= 11 is 0. The van der Waals surface area contributed by atoms with Crippen molar-refractivity contribution in [3.8, 4) is 23.3 Å². The molecule has 6 aliphatic heterocycles. The van der Waals surface area contributed by atoms with Crippen LogP contribution in [0.25, 0.3) is 0 Å². The van der Waals surface area contributed by atoms with E-state index in [1.165, 1.54) is 44.9 Å². The molecule has 1 amide bonds. The van der Waals surface area contributed by atoms with Crippen molar-refractivity contribution in [3.05, 3.63) is 46.8 Å². The fraction of sp³-hybridized carbons (Fsp3) is 0.531. The third-order valence-electron chi connectivity index (χ3n) is 8.41. The summed E-state index contributed by atoms with van der Waals surface area (Å²) < 4.78 is 75.3. The van der Waals surface area contributed by atoms with Crippen LogP contribution in [0.4, 0.5) is 4.79 Å². The highest BCUT2D eigenvalue weighted by atomic mass is 35.7. The summed E-state index contributed by atoms with van der Waals surface area (Å²) in [5, 5.41) is 3.28. The van der Waals surface area contributed by atoms with Gasteiger partial charge in [0.25, 0.3) is 20.8 Å². The van der Waals surface area contributed by atoms with E-state index in [0.717, 1.165) is 45.5 Å². The molecular formula is C32H41ClN6O10S2. The van der Waals surface area contributed by atoms with Gasteiger partial charge in [-0.2, -0.15) is 4.31 Å². The molecule has 0 aliphatic carbocycles. The van der Waals surface area contributed by atoms with Crippen LogP contribution in [0.5, 0.6) is 23.3 Å². The maximum absolute atomic E-state index is 12.8. The second-order valence-corrected chi connectivity index (χ2v) is 18.1. The van der Waals surface area contributed by atoms with Crippen LogP contribution in [-0.2, 0) is 23.8 Å². The third kappa shape index (κ3) is 8.86. The standard InChI is InChI=1S/C14H17N3O4S.C11H18N2O2.C7H6ClNO4S/c1-16-6-10-8-17(9-11(10)7-16)22(18,19)12-4-13-14(15-5-12)21-3-2-20-13;1-11(2,3)15-10(14)13-6-8-4-12-5-9(8)7-13;8-14(10,11)5-3-6-7(9-4-5)13-2-1-12-6/h4-5H,2-3,6-9H2,1H3;12H,4-7H2,1-3H3;3-4H,1-2H2. The zero-order chi connectivity index (χ0) is 36.6. The summed E-state index contributed by atoms with van der Waals surface area (Å²) in [5.41, 5.74) is 4.76. The van der Waals surface area contributed by atoms with Crippen molar-refractivity contribution in [1.29, 1.82) is 0 Å². The molecule has 0 bridgehead atoms. The highest BCUT2D eigenvalue weighted by Gasteiger charge is 2.36. The lowest BCUT2D eigenvalue weighted by Crippen LogP contribution is -2.37. The average Bonchev–Trinajstić information content (AvgIpc) is 3.85. The Morgan fingerprint density at radius 2 is 1.25 bits per heavy atom. The van der Waals surface area contributed by atoms with Crippen LogP contribution in [0.15, 0.2) is 56.6 Å². The lowest BCUT2D eigenvalue weighted by molar-refractivity contribution is 0.0297. The number of likely N-dealkylation sites (N-methyl/N-ethyl adjacent to an activating group) is 1. The van der Waals surface area contributed by atoms with Gasteiger partial charge in [0.2, 0.25) is 10.0 Å². The maximum Gasteiger partial charge on any atom is 0.410 e. The van der Waals surface area contributed by atoms with Gasteiger partial charge in [0.05, 0.1) is 12.4 Å². The molecule has 16 nitrogen and oxygen atoms in total. The van der Waals surface area contributed by atoms with E-state index in [0.29, 0.717) is 62.8 Å². The Kier molecular flexibility index (Phi) is 10.7. The first-order chi connectivity index (χ1) is 24.1. The van der Waals surface area contributed by atoms with Crippen LogP contribution in [0.1, 0.15) is 20.8 Å². The van der Waals surface area contributed by atoms with Crippen molar-refractivity contribution in [2.75, 3.05) is 85.8 Å². The van der Waals surface area contributed by atoms with Crippen molar-refractivity contribution in [3.63, 3.8) is 0 Å². The summed E-state index contributed by atoms with van der Waals surface area (Å²) in [6, 6.07) is 2.80. The molecule has 0 radical (unpaired) electrons. The predicted molar refractivity (Wildman–Crippen MR) is 184 cm³/mol. The van der Waals surface area contributed by atoms with E-state index < -0.39 is 24.7 Å². The van der Waals surface area contributed by atoms with Crippen LogP contribution in [0.3, 0.4) is 0 Å². The molecule has 1 N–H and O–H groups in total. The van der Waals surface area contributed by atoms with Crippen LogP contribution < -0.4 is 24.3 Å². The van der Waals surface area contributed by atoms with Crippen molar-refractivity contribution in [1.82, 2.24) is 29.4 Å². The third-order valence-corrected chi connectivity index (χ3v) is 11.5. The highest BCUT2D eigenvalue weighted by Crippen LogP contribution is 2.34. The topological polar surface area (TPSA) is 179 Å². The second-order valence-electron chi connectivity index (χ2n) is 13.6. The zero-order valence-corrected chi connectivity index (χ0v) is 31.2. The molecular weight excluding hydrogens is 728 g/mol. The number of hydrogen-bond acceptors (Lipinski definition) is 14. The number of pyridine rings is 2. The van der Waals surface area contributed by atoms with Gasteiger partial charge in [0.15, 0.2) is 11.5 Å². The quantitative estimate of drug-likeness (QED) is 0.354. The predicted octanol–water partition coefficient (Wildman–Crippen LogP) is 2.02. The molecule has 0 aromatic carbocycles. The number of fused-ring (bicyclic) bond motifs is 2. The van der Waals surface area contributed by atoms with Gasteiger partial charge in [-0.1, -0.05) is 0 Å². The first kappa shape index (κ1) is 37.1. The molecule has 8 rings (SSSR count). The summed E-state index contributed by atoms with van der Waals surface area (Å²) in [6.07, 6.45) is 2.28. The Morgan fingerprint density at radius 3 is 1.76 bits per heavy atom. The molecule has 0 fully saturated rings. The molecule has 51 heavy (non-hydrogen) atoms. The fourth-order valence-corrected chi connectivity index (χ4v) is 8.15. The minimum absolute atomic E-state index is 0.0941. The van der Waals surface area contributed by atoms with E-state index in [-0.39, 0.29) is 15.9 Å². The molecule has 6 aliphatic rings. The van der Waals surface area contributed by atoms with Crippen LogP contribution in [0, 0.1) is 0 Å². The number of amides is 1. The molecule has 19 heteroatoms. The normalized spacial score (nSPS) is 19.9. The average molecular weight is 769 g/mol. The number of rotatable bonds is 3. The number of nitrogens with one attached hydrogen (secondary N) is 1. The van der Waals surface area contributed by atoms with Crippen LogP contribution in [0.2, 0.25) is 0 Å². The molecule has 278 valence electrons. The minimum atomic E-state index is -3.76. The second kappa shape index (κ2) is 14.7. The van der Waals surface area contributed by atoms with Crippen molar-refractivity contribution in [2.45, 2.75) is 36.2 Å². The number of halogens is 1. The van der Waals surface area contributed by atoms with E-state index in [1.54, 1.807) is 4.90 Å². The Morgan fingerprint density at radius 1 is 0.765 bits per heavy atom. The van der Waals surface area contributed by atoms with E-state index in [9.17, 15) is 21.6 Å². The molecule has 0 saturated heterocycles. The Balaban J connectivity index is 0.000000137. The summed E-state index contributed by atoms with van der Waals surface area (Å²) in [5.74, 6) is 1.35. The van der Waals surface area contributed by atoms with Crippen molar-refractivity contribution < 1.29 is 45.3 Å². The minimum Gasteiger partial charge on any atom is -0.484 e. The van der Waals surface area contributed by atoms with Gasteiger partial charge in [0, 0.05) is 75.2 Å². The van der Waals surface area contributed by atoms with Gasteiger partial charge in [-0.3, -0.25) is 4.90 Å². The van der Waals surface area contributed by atoms with E-state index in [1.807, 2.05) is 27.8 Å². The lowest BCUT2D eigenvalue weighted by atomic mass is 10.2. The lowest BCUT2D eigenvalue weighted by Gasteiger charge is -2.25. The van der Waals surface area contributed by atoms with Crippen molar-refractivity contribution in [2.24, 2.45) is 0 Å². The summed E-state index contributed by atoms with van der Waals surface area (Å²) in [7, 11) is -0.138. The van der Waals surface area contributed by atoms with Gasteiger partial charge in [-0.05, 0) is 50.1 Å². The fourth-order valence-electron chi connectivity index (χ4n) is 6.08. The largest absolute Gasteiger partial charge is 0.484 e. The number of carbonyl (C=O) groups is 1. The Bertz CT molecular complexity index is 1930. The Labute approximate surface area is 301 Å². The van der Waals surface area contributed by atoms with Gasteiger partial charge in [0.1, 0.15) is 41.8 Å². The van der Waals surface area contributed by atoms with Crippen molar-refractivity contribution >= 4 is 35.8 Å². The number of nitrogens with zero attached hydrogens (tertiary/aromatic N) is 5. The van der Waals surface area contributed by atoms with E-state index in [2.05, 4.69) is 20.2 Å². The molecule has 2 aromatic rings. The molecule has 0 unspecified atom stereocenters. The molecule has 8 heterocycles. The Hall–Kier alpha value is -3.68. The maximum atomic E-state index is 12.8. The first-order valence-electron chi connectivity index (χ1n) is 16.3. The van der Waals surface area contributed by atoms with E-state index >= 15 is 0 Å². The van der Waals surface area contributed by atoms with Crippen LogP contribution >= 0.6 is 10.7 Å².